The van der Waals surface area contributed by atoms with Crippen LogP contribution in [0.5, 0.6) is 0 Å². The number of hydrogen-bond donors (Lipinski definition) is 3. The molecule has 5 atom stereocenters. The van der Waals surface area contributed by atoms with E-state index in [0.29, 0.717) is 25.7 Å². The number of aliphatic hydroxyl groups excluding tert-OH is 1. The maximum atomic E-state index is 12.9. The Morgan fingerprint density at radius 2 is 0.582 bits per heavy atom. The smallest absolute Gasteiger partial charge is 0.462 e. The summed E-state index contributed by atoms with van der Waals surface area (Å²) in [6.45, 7) is 7.00. The number of phosphoric ester groups is 2. The zero-order valence-electron chi connectivity index (χ0n) is 50.5. The number of esters is 4. The van der Waals surface area contributed by atoms with E-state index in [2.05, 4.69) is 34.6 Å². The van der Waals surface area contributed by atoms with Crippen molar-refractivity contribution >= 4 is 39.5 Å². The minimum Gasteiger partial charge on any atom is -0.462 e. The molecule has 19 heteroatoms. The molecule has 0 radical (unpaired) electrons. The second kappa shape index (κ2) is 54.0. The SMILES string of the molecule is CCCCCCCCCCCCCCC(=O)OC[C@H](COP(=O)(O)OC[C@@H](O)COP(=O)(O)OC[C@@H](COC(=O)CCCCCCC)OC(=O)CCCCCCC)OC(=O)CCCCCCCCCCCCCCCCC(C)C. The minimum absolute atomic E-state index is 0.0989. The lowest BCUT2D eigenvalue weighted by atomic mass is 10.0. The molecule has 0 aliphatic carbocycles. The molecule has 79 heavy (non-hydrogen) atoms. The molecule has 0 amide bonds. The number of rotatable bonds is 60. The maximum Gasteiger partial charge on any atom is 0.472 e. The van der Waals surface area contributed by atoms with Crippen molar-refractivity contribution in [3.8, 4) is 0 Å². The van der Waals surface area contributed by atoms with Crippen LogP contribution in [0, 0.1) is 5.92 Å². The molecule has 0 fully saturated rings. The van der Waals surface area contributed by atoms with Gasteiger partial charge in [0.05, 0.1) is 26.4 Å². The molecule has 0 saturated heterocycles. The molecule has 3 N–H and O–H groups in total. The van der Waals surface area contributed by atoms with Crippen LogP contribution in [0.1, 0.15) is 298 Å². The number of phosphoric acid groups is 2. The monoisotopic (exact) mass is 1170 g/mol. The van der Waals surface area contributed by atoms with Crippen molar-refractivity contribution in [3.63, 3.8) is 0 Å². The van der Waals surface area contributed by atoms with Gasteiger partial charge in [-0.25, -0.2) is 9.13 Å². The first-order valence-corrected chi connectivity index (χ1v) is 34.6. The van der Waals surface area contributed by atoms with Crippen molar-refractivity contribution in [3.05, 3.63) is 0 Å². The van der Waals surface area contributed by atoms with Crippen molar-refractivity contribution in [2.75, 3.05) is 39.6 Å². The lowest BCUT2D eigenvalue weighted by Gasteiger charge is -2.21. The average molecular weight is 1170 g/mol. The average Bonchev–Trinajstić information content (AvgIpc) is 3.41. The molecule has 0 bridgehead atoms. The van der Waals surface area contributed by atoms with E-state index in [1.54, 1.807) is 0 Å². The van der Waals surface area contributed by atoms with Crippen LogP contribution in [-0.2, 0) is 65.4 Å². The predicted molar refractivity (Wildman–Crippen MR) is 312 cm³/mol. The molecule has 0 rings (SSSR count). The second-order valence-corrected chi connectivity index (χ2v) is 25.1. The van der Waals surface area contributed by atoms with E-state index in [4.69, 9.17) is 37.0 Å². The van der Waals surface area contributed by atoms with Crippen molar-refractivity contribution < 1.29 is 80.2 Å². The highest BCUT2D eigenvalue weighted by Crippen LogP contribution is 2.45. The van der Waals surface area contributed by atoms with E-state index in [9.17, 15) is 43.2 Å². The predicted octanol–water partition coefficient (Wildman–Crippen LogP) is 16.2. The van der Waals surface area contributed by atoms with E-state index >= 15 is 0 Å². The zero-order valence-corrected chi connectivity index (χ0v) is 52.3. The fourth-order valence-corrected chi connectivity index (χ4v) is 10.5. The van der Waals surface area contributed by atoms with E-state index in [1.807, 2.05) is 0 Å². The lowest BCUT2D eigenvalue weighted by molar-refractivity contribution is -0.161. The molecule has 0 heterocycles. The summed E-state index contributed by atoms with van der Waals surface area (Å²) >= 11 is 0. The van der Waals surface area contributed by atoms with Crippen LogP contribution in [0.3, 0.4) is 0 Å². The number of carbonyl (C=O) groups excluding carboxylic acids is 4. The minimum atomic E-state index is -4.94. The summed E-state index contributed by atoms with van der Waals surface area (Å²) in [6, 6.07) is 0. The second-order valence-electron chi connectivity index (χ2n) is 22.2. The summed E-state index contributed by atoms with van der Waals surface area (Å²) in [7, 11) is -9.86. The summed E-state index contributed by atoms with van der Waals surface area (Å²) in [5.74, 6) is -1.36. The summed E-state index contributed by atoms with van der Waals surface area (Å²) < 4.78 is 67.4. The summed E-state index contributed by atoms with van der Waals surface area (Å²) in [6.07, 6.45) is 37.0. The first-order chi connectivity index (χ1) is 38.0. The third kappa shape index (κ3) is 55.0. The molecule has 17 nitrogen and oxygen atoms in total. The molecular weight excluding hydrogens is 1050 g/mol. The van der Waals surface area contributed by atoms with E-state index in [-0.39, 0.29) is 25.7 Å². The van der Waals surface area contributed by atoms with Crippen LogP contribution in [0.4, 0.5) is 0 Å². The third-order valence-electron chi connectivity index (χ3n) is 13.8. The molecule has 0 spiro atoms. The van der Waals surface area contributed by atoms with Crippen LogP contribution < -0.4 is 0 Å². The van der Waals surface area contributed by atoms with Crippen LogP contribution in [0.25, 0.3) is 0 Å². The quantitative estimate of drug-likeness (QED) is 0.0222. The molecule has 0 aromatic rings. The Morgan fingerprint density at radius 1 is 0.342 bits per heavy atom. The van der Waals surface area contributed by atoms with Gasteiger partial charge in [-0.2, -0.15) is 0 Å². The van der Waals surface area contributed by atoms with Crippen molar-refractivity contribution in [1.82, 2.24) is 0 Å². The molecular formula is C60H116O17P2. The topological polar surface area (TPSA) is 237 Å². The number of ether oxygens (including phenoxy) is 4. The van der Waals surface area contributed by atoms with Gasteiger partial charge in [0.2, 0.25) is 0 Å². The number of carbonyl (C=O) groups is 4. The standard InChI is InChI=1S/C60H116O17P2/c1-6-9-12-15-16-17-18-24-27-30-35-39-44-58(63)71-50-56(77-60(65)46-41-36-31-28-25-22-20-19-21-23-26-29-34-37-42-53(4)5)52-75-79(68,69)73-48-54(61)47-72-78(66,67)74-51-55(76-59(64)45-40-33-14-11-8-3)49-70-57(62)43-38-32-13-10-7-2/h53-56,61H,6-52H2,1-5H3,(H,66,67)(H,68,69)/t54-,55+,56+/m0/s1. The Morgan fingerprint density at radius 3 is 0.861 bits per heavy atom. The largest absolute Gasteiger partial charge is 0.472 e. The summed E-state index contributed by atoms with van der Waals surface area (Å²) in [5.41, 5.74) is 0. The summed E-state index contributed by atoms with van der Waals surface area (Å²) in [5, 5.41) is 10.5. The fourth-order valence-electron chi connectivity index (χ4n) is 8.88. The molecule has 0 aliphatic heterocycles. The fraction of sp³-hybridized carbons (Fsp3) is 0.933. The number of hydrogen-bond acceptors (Lipinski definition) is 15. The van der Waals surface area contributed by atoms with Gasteiger partial charge in [0, 0.05) is 25.7 Å². The van der Waals surface area contributed by atoms with Crippen molar-refractivity contribution in [2.45, 2.75) is 316 Å². The van der Waals surface area contributed by atoms with Gasteiger partial charge in [-0.1, -0.05) is 247 Å². The Balaban J connectivity index is 5.10. The van der Waals surface area contributed by atoms with Gasteiger partial charge in [-0.15, -0.1) is 0 Å². The van der Waals surface area contributed by atoms with Gasteiger partial charge in [0.25, 0.3) is 0 Å². The molecule has 0 aromatic heterocycles. The van der Waals surface area contributed by atoms with Gasteiger partial charge in [-0.05, 0) is 31.6 Å². The highest BCUT2D eigenvalue weighted by molar-refractivity contribution is 7.47. The Hall–Kier alpha value is -1.94. The first-order valence-electron chi connectivity index (χ1n) is 31.6. The van der Waals surface area contributed by atoms with Crippen molar-refractivity contribution in [2.24, 2.45) is 5.92 Å². The van der Waals surface area contributed by atoms with Crippen LogP contribution in [0.2, 0.25) is 0 Å². The van der Waals surface area contributed by atoms with E-state index in [0.717, 1.165) is 102 Å². The normalized spacial score (nSPS) is 14.3. The zero-order chi connectivity index (χ0) is 58.5. The molecule has 2 unspecified atom stereocenters. The summed E-state index contributed by atoms with van der Waals surface area (Å²) in [4.78, 5) is 71.5. The van der Waals surface area contributed by atoms with E-state index < -0.39 is 97.5 Å². The molecule has 468 valence electrons. The highest BCUT2D eigenvalue weighted by Gasteiger charge is 2.30. The van der Waals surface area contributed by atoms with Crippen molar-refractivity contribution in [1.29, 1.82) is 0 Å². The van der Waals surface area contributed by atoms with Gasteiger partial charge < -0.3 is 33.8 Å². The Kier molecular flexibility index (Phi) is 52.7. The lowest BCUT2D eigenvalue weighted by Crippen LogP contribution is -2.30. The third-order valence-corrected chi connectivity index (χ3v) is 15.7. The van der Waals surface area contributed by atoms with Gasteiger partial charge >= 0.3 is 39.5 Å². The Labute approximate surface area is 479 Å². The van der Waals surface area contributed by atoms with Crippen LogP contribution >= 0.6 is 15.6 Å². The molecule has 0 aromatic carbocycles. The number of unbranched alkanes of at least 4 members (excludes halogenated alkanes) is 32. The highest BCUT2D eigenvalue weighted by atomic mass is 31.2. The van der Waals surface area contributed by atoms with E-state index in [1.165, 1.54) is 116 Å². The van der Waals surface area contributed by atoms with Crippen LogP contribution in [-0.4, -0.2) is 96.7 Å². The first kappa shape index (κ1) is 77.1. The van der Waals surface area contributed by atoms with Gasteiger partial charge in [-0.3, -0.25) is 37.3 Å². The number of aliphatic hydroxyl groups is 1. The maximum absolute atomic E-state index is 12.9. The molecule has 0 saturated carbocycles. The van der Waals surface area contributed by atoms with Gasteiger partial charge in [0.1, 0.15) is 19.3 Å². The molecule has 0 aliphatic rings. The van der Waals surface area contributed by atoms with Crippen LogP contribution in [0.15, 0.2) is 0 Å². The Bertz CT molecular complexity index is 1550. The van der Waals surface area contributed by atoms with Gasteiger partial charge in [0.15, 0.2) is 12.2 Å².